The molecule has 0 aliphatic rings. The number of hydrogen-bond donors (Lipinski definition) is 2. The highest BCUT2D eigenvalue weighted by molar-refractivity contribution is 6.35. The highest BCUT2D eigenvalue weighted by Crippen LogP contribution is 2.29. The van der Waals surface area contributed by atoms with E-state index in [1.54, 1.807) is 48.5 Å². The minimum absolute atomic E-state index is 0.143. The molecule has 0 aliphatic heterocycles. The molecule has 37 heavy (non-hydrogen) atoms. The van der Waals surface area contributed by atoms with E-state index < -0.39 is 11.9 Å². The van der Waals surface area contributed by atoms with E-state index in [-0.39, 0.29) is 18.4 Å². The molecule has 3 aromatic carbocycles. The van der Waals surface area contributed by atoms with Crippen molar-refractivity contribution >= 4 is 41.2 Å². The number of aryl methyl sites for hydroxylation is 1. The van der Waals surface area contributed by atoms with Gasteiger partial charge in [-0.15, -0.1) is 0 Å². The van der Waals surface area contributed by atoms with Gasteiger partial charge >= 0.3 is 0 Å². The lowest BCUT2D eigenvalue weighted by Gasteiger charge is -2.20. The number of carbonyl (C=O) groups excluding carboxylic acids is 2. The van der Waals surface area contributed by atoms with Crippen LogP contribution in [-0.4, -0.2) is 31.2 Å². The summed E-state index contributed by atoms with van der Waals surface area (Å²) >= 11 is 12.2. The average Bonchev–Trinajstić information content (AvgIpc) is 2.87. The number of nitrogens with one attached hydrogen (secondary N) is 2. The lowest BCUT2D eigenvalue weighted by Crippen LogP contribution is -2.48. The number of hydrogen-bond acceptors (Lipinski definition) is 5. The highest BCUT2D eigenvalue weighted by atomic mass is 35.5. The number of nitrogens with zero attached hydrogens (tertiary/aromatic N) is 1. The van der Waals surface area contributed by atoms with E-state index in [1.807, 2.05) is 32.9 Å². The number of amides is 2. The summed E-state index contributed by atoms with van der Waals surface area (Å²) in [5.74, 6) is 0.131. The number of carbonyl (C=O) groups is 2. The van der Waals surface area contributed by atoms with Crippen molar-refractivity contribution in [2.75, 3.05) is 7.11 Å². The molecular weight excluding hydrogens is 513 g/mol. The molecule has 0 saturated heterocycles. The standard InChI is InChI=1S/C28H29Cl2N3O4/c1-17(2)26(32-27(34)20-8-5-18(3)6-9-20)28(35)33-31-15-19-7-12-24(25(13-19)36-4)37-16-21-10-11-22(29)14-23(21)30/h5-15,17,26H,16H2,1-4H3,(H,32,34)(H,33,35). The summed E-state index contributed by atoms with van der Waals surface area (Å²) in [6.07, 6.45) is 1.49. The first-order valence-corrected chi connectivity index (χ1v) is 12.4. The molecule has 0 radical (unpaired) electrons. The molecule has 0 bridgehead atoms. The Hall–Kier alpha value is -3.55. The molecule has 3 aromatic rings. The van der Waals surface area contributed by atoms with Crippen LogP contribution in [0.3, 0.4) is 0 Å². The molecule has 0 heterocycles. The van der Waals surface area contributed by atoms with Gasteiger partial charge in [-0.3, -0.25) is 9.59 Å². The van der Waals surface area contributed by atoms with Crippen LogP contribution in [-0.2, 0) is 11.4 Å². The van der Waals surface area contributed by atoms with Gasteiger partial charge in [-0.2, -0.15) is 5.10 Å². The summed E-state index contributed by atoms with van der Waals surface area (Å²) in [6, 6.07) is 16.8. The zero-order valence-corrected chi connectivity index (χ0v) is 22.6. The SMILES string of the molecule is COc1cc(C=NNC(=O)C(NC(=O)c2ccc(C)cc2)C(C)C)ccc1OCc1ccc(Cl)cc1Cl. The fourth-order valence-electron chi connectivity index (χ4n) is 3.38. The predicted molar refractivity (Wildman–Crippen MR) is 147 cm³/mol. The maximum Gasteiger partial charge on any atom is 0.262 e. The van der Waals surface area contributed by atoms with E-state index in [1.165, 1.54) is 13.3 Å². The van der Waals surface area contributed by atoms with Crippen molar-refractivity contribution < 1.29 is 19.1 Å². The van der Waals surface area contributed by atoms with Crippen molar-refractivity contribution in [1.29, 1.82) is 0 Å². The normalized spacial score (nSPS) is 11.9. The molecule has 0 aromatic heterocycles. The Kier molecular flexibility index (Phi) is 9.94. The van der Waals surface area contributed by atoms with Crippen molar-refractivity contribution in [1.82, 2.24) is 10.7 Å². The Morgan fingerprint density at radius 3 is 2.38 bits per heavy atom. The first kappa shape index (κ1) is 28.0. The minimum atomic E-state index is -0.754. The van der Waals surface area contributed by atoms with Gasteiger partial charge in [0.25, 0.3) is 11.8 Å². The van der Waals surface area contributed by atoms with Crippen LogP contribution >= 0.6 is 23.2 Å². The summed E-state index contributed by atoms with van der Waals surface area (Å²) in [5.41, 5.74) is 5.51. The fraction of sp³-hybridized carbons (Fsp3) is 0.250. The smallest absolute Gasteiger partial charge is 0.262 e. The Morgan fingerprint density at radius 2 is 1.73 bits per heavy atom. The third-order valence-corrected chi connectivity index (χ3v) is 6.11. The van der Waals surface area contributed by atoms with Crippen LogP contribution in [0.1, 0.15) is 40.9 Å². The number of rotatable bonds is 10. The van der Waals surface area contributed by atoms with Crippen molar-refractivity contribution in [2.45, 2.75) is 33.4 Å². The lowest BCUT2D eigenvalue weighted by molar-refractivity contribution is -0.123. The summed E-state index contributed by atoms with van der Waals surface area (Å²) < 4.78 is 11.3. The molecule has 194 valence electrons. The molecule has 3 rings (SSSR count). The van der Waals surface area contributed by atoms with Gasteiger partial charge in [0.05, 0.1) is 13.3 Å². The first-order valence-electron chi connectivity index (χ1n) is 11.6. The number of ether oxygens (including phenoxy) is 2. The first-order chi connectivity index (χ1) is 17.7. The molecule has 0 saturated carbocycles. The Bertz CT molecular complexity index is 1280. The van der Waals surface area contributed by atoms with Crippen LogP contribution in [0, 0.1) is 12.8 Å². The third-order valence-electron chi connectivity index (χ3n) is 5.52. The number of methoxy groups -OCH3 is 1. The summed E-state index contributed by atoms with van der Waals surface area (Å²) in [7, 11) is 1.53. The van der Waals surface area contributed by atoms with Gasteiger partial charge in [0.2, 0.25) is 0 Å². The van der Waals surface area contributed by atoms with Crippen molar-refractivity contribution in [2.24, 2.45) is 11.0 Å². The Morgan fingerprint density at radius 1 is 1.00 bits per heavy atom. The predicted octanol–water partition coefficient (Wildman–Crippen LogP) is 5.79. The van der Waals surface area contributed by atoms with Crippen LogP contribution in [0.25, 0.3) is 0 Å². The van der Waals surface area contributed by atoms with Gasteiger partial charge in [0, 0.05) is 21.2 Å². The van der Waals surface area contributed by atoms with Gasteiger partial charge in [0.1, 0.15) is 12.6 Å². The molecule has 9 heteroatoms. The van der Waals surface area contributed by atoms with Gasteiger partial charge in [-0.05, 0) is 60.9 Å². The van der Waals surface area contributed by atoms with Gasteiger partial charge in [0.15, 0.2) is 11.5 Å². The van der Waals surface area contributed by atoms with E-state index in [2.05, 4.69) is 15.8 Å². The second-order valence-corrected chi connectivity index (χ2v) is 9.57. The van der Waals surface area contributed by atoms with E-state index in [4.69, 9.17) is 32.7 Å². The van der Waals surface area contributed by atoms with Gasteiger partial charge in [-0.1, -0.05) is 60.8 Å². The quantitative estimate of drug-likeness (QED) is 0.251. The summed E-state index contributed by atoms with van der Waals surface area (Å²) in [4.78, 5) is 25.3. The summed E-state index contributed by atoms with van der Waals surface area (Å²) in [5, 5.41) is 7.90. The lowest BCUT2D eigenvalue weighted by atomic mass is 10.0. The molecule has 1 atom stereocenters. The van der Waals surface area contributed by atoms with E-state index in [0.717, 1.165) is 11.1 Å². The molecule has 1 unspecified atom stereocenters. The molecule has 2 N–H and O–H groups in total. The van der Waals surface area contributed by atoms with Crippen molar-refractivity contribution in [3.8, 4) is 11.5 Å². The number of hydrazone groups is 1. The fourth-order valence-corrected chi connectivity index (χ4v) is 3.85. The number of halogens is 2. The molecular formula is C28H29Cl2N3O4. The molecule has 0 aliphatic carbocycles. The van der Waals surface area contributed by atoms with Crippen LogP contribution in [0.15, 0.2) is 65.8 Å². The minimum Gasteiger partial charge on any atom is -0.493 e. The zero-order chi connectivity index (χ0) is 26.9. The molecule has 0 fully saturated rings. The third kappa shape index (κ3) is 7.97. The maximum atomic E-state index is 12.7. The van der Waals surface area contributed by atoms with Crippen molar-refractivity contribution in [3.05, 3.63) is 93.0 Å². The molecule has 0 spiro atoms. The van der Waals surface area contributed by atoms with Crippen molar-refractivity contribution in [3.63, 3.8) is 0 Å². The second-order valence-electron chi connectivity index (χ2n) is 8.73. The van der Waals surface area contributed by atoms with Crippen LogP contribution in [0.5, 0.6) is 11.5 Å². The van der Waals surface area contributed by atoms with E-state index in [0.29, 0.717) is 32.7 Å². The number of benzene rings is 3. The Labute approximate surface area is 226 Å². The molecule has 7 nitrogen and oxygen atoms in total. The van der Waals surface area contributed by atoms with Gasteiger partial charge < -0.3 is 14.8 Å². The van der Waals surface area contributed by atoms with Gasteiger partial charge in [-0.25, -0.2) is 5.43 Å². The highest BCUT2D eigenvalue weighted by Gasteiger charge is 2.24. The topological polar surface area (TPSA) is 89.0 Å². The van der Waals surface area contributed by atoms with E-state index >= 15 is 0 Å². The van der Waals surface area contributed by atoms with Crippen LogP contribution < -0.4 is 20.2 Å². The van der Waals surface area contributed by atoms with Crippen LogP contribution in [0.4, 0.5) is 0 Å². The molecule has 2 amide bonds. The van der Waals surface area contributed by atoms with E-state index in [9.17, 15) is 9.59 Å². The zero-order valence-electron chi connectivity index (χ0n) is 21.0. The monoisotopic (exact) mass is 541 g/mol. The summed E-state index contributed by atoms with van der Waals surface area (Å²) in [6.45, 7) is 5.88. The Balaban J connectivity index is 1.61. The largest absolute Gasteiger partial charge is 0.493 e. The maximum absolute atomic E-state index is 12.7. The second kappa shape index (κ2) is 13.1. The van der Waals surface area contributed by atoms with Crippen LogP contribution in [0.2, 0.25) is 10.0 Å². The average molecular weight is 542 g/mol.